The van der Waals surface area contributed by atoms with Gasteiger partial charge in [-0.25, -0.2) is 0 Å². The number of hydrogen-bond acceptors (Lipinski definition) is 0. The Labute approximate surface area is 88.4 Å². The predicted octanol–water partition coefficient (Wildman–Crippen LogP) is 4.55. The molecule has 0 unspecified atom stereocenters. The summed E-state index contributed by atoms with van der Waals surface area (Å²) in [7, 11) is 0. The lowest BCUT2D eigenvalue weighted by Crippen LogP contribution is -1.99. The minimum absolute atomic E-state index is 0.634. The van der Waals surface area contributed by atoms with Crippen molar-refractivity contribution in [1.82, 2.24) is 0 Å². The topological polar surface area (TPSA) is 0 Å². The molecule has 0 aliphatic rings. The van der Waals surface area contributed by atoms with Crippen molar-refractivity contribution >= 4 is 0 Å². The van der Waals surface area contributed by atoms with E-state index in [-0.39, 0.29) is 0 Å². The molecule has 0 N–H and O–H groups in total. The highest BCUT2D eigenvalue weighted by Gasteiger charge is 2.09. The second kappa shape index (κ2) is 4.16. The van der Waals surface area contributed by atoms with Crippen LogP contribution in [0.2, 0.25) is 0 Å². The molecule has 0 amide bonds. The fourth-order valence-electron chi connectivity index (χ4n) is 2.10. The van der Waals surface area contributed by atoms with Crippen molar-refractivity contribution in [3.63, 3.8) is 0 Å². The molecule has 78 valence electrons. The first kappa shape index (κ1) is 11.3. The maximum Gasteiger partial charge on any atom is -0.0216 e. The van der Waals surface area contributed by atoms with Crippen LogP contribution in [0, 0.1) is 13.8 Å². The van der Waals surface area contributed by atoms with Crippen LogP contribution in [0.25, 0.3) is 0 Å². The van der Waals surface area contributed by atoms with Crippen LogP contribution in [-0.2, 0) is 0 Å². The molecule has 14 heavy (non-hydrogen) atoms. The van der Waals surface area contributed by atoms with E-state index in [9.17, 15) is 0 Å². The number of benzene rings is 1. The van der Waals surface area contributed by atoms with Gasteiger partial charge in [-0.1, -0.05) is 39.8 Å². The zero-order valence-electron chi connectivity index (χ0n) is 10.3. The first-order valence-corrected chi connectivity index (χ1v) is 5.54. The van der Waals surface area contributed by atoms with Crippen LogP contribution in [0.1, 0.15) is 61.8 Å². The lowest BCUT2D eigenvalue weighted by molar-refractivity contribution is 0.827. The third-order valence-corrected chi connectivity index (χ3v) is 2.90. The molecule has 0 spiro atoms. The minimum Gasteiger partial charge on any atom is -0.0587 e. The number of rotatable bonds is 2. The molecule has 1 aromatic rings. The summed E-state index contributed by atoms with van der Waals surface area (Å²) in [4.78, 5) is 0. The van der Waals surface area contributed by atoms with Crippen LogP contribution in [0.4, 0.5) is 0 Å². The van der Waals surface area contributed by atoms with E-state index in [1.807, 2.05) is 0 Å². The molecule has 0 bridgehead atoms. The molecule has 0 atom stereocenters. The van der Waals surface area contributed by atoms with Crippen molar-refractivity contribution < 1.29 is 0 Å². The van der Waals surface area contributed by atoms with Crippen molar-refractivity contribution in [3.05, 3.63) is 34.4 Å². The molecule has 0 heterocycles. The van der Waals surface area contributed by atoms with Gasteiger partial charge in [0.2, 0.25) is 0 Å². The SMILES string of the molecule is Cc1cc(C(C)C)c(C)cc1C(C)C. The van der Waals surface area contributed by atoms with Crippen LogP contribution in [-0.4, -0.2) is 0 Å². The first-order valence-electron chi connectivity index (χ1n) is 5.54. The van der Waals surface area contributed by atoms with E-state index in [0.29, 0.717) is 11.8 Å². The lowest BCUT2D eigenvalue weighted by Gasteiger charge is -2.16. The van der Waals surface area contributed by atoms with E-state index in [1.54, 1.807) is 0 Å². The van der Waals surface area contributed by atoms with E-state index in [2.05, 4.69) is 53.7 Å². The molecule has 0 saturated carbocycles. The van der Waals surface area contributed by atoms with Gasteiger partial charge in [0.25, 0.3) is 0 Å². The van der Waals surface area contributed by atoms with Gasteiger partial charge >= 0.3 is 0 Å². The molecule has 1 rings (SSSR count). The predicted molar refractivity (Wildman–Crippen MR) is 64.1 cm³/mol. The van der Waals surface area contributed by atoms with Crippen molar-refractivity contribution in [2.45, 2.75) is 53.4 Å². The number of aryl methyl sites for hydroxylation is 2. The Kier molecular flexibility index (Phi) is 3.36. The molecular weight excluding hydrogens is 168 g/mol. The summed E-state index contributed by atoms with van der Waals surface area (Å²) in [5.74, 6) is 1.27. The van der Waals surface area contributed by atoms with Crippen LogP contribution in [0.5, 0.6) is 0 Å². The van der Waals surface area contributed by atoms with Crippen LogP contribution < -0.4 is 0 Å². The van der Waals surface area contributed by atoms with Crippen LogP contribution in [0.15, 0.2) is 12.1 Å². The van der Waals surface area contributed by atoms with Crippen molar-refractivity contribution in [3.8, 4) is 0 Å². The second-order valence-corrected chi connectivity index (χ2v) is 4.87. The van der Waals surface area contributed by atoms with Gasteiger partial charge in [0.15, 0.2) is 0 Å². The normalized spacial score (nSPS) is 11.4. The summed E-state index contributed by atoms with van der Waals surface area (Å²) < 4.78 is 0. The fraction of sp³-hybridized carbons (Fsp3) is 0.571. The minimum atomic E-state index is 0.634. The summed E-state index contributed by atoms with van der Waals surface area (Å²) in [6.07, 6.45) is 0. The van der Waals surface area contributed by atoms with Crippen LogP contribution in [0.3, 0.4) is 0 Å². The largest absolute Gasteiger partial charge is 0.0587 e. The first-order chi connectivity index (χ1) is 6.43. The molecule has 0 radical (unpaired) electrons. The van der Waals surface area contributed by atoms with Gasteiger partial charge in [-0.3, -0.25) is 0 Å². The summed E-state index contributed by atoms with van der Waals surface area (Å²) in [5.41, 5.74) is 5.86. The van der Waals surface area contributed by atoms with Crippen molar-refractivity contribution in [1.29, 1.82) is 0 Å². The maximum atomic E-state index is 2.36. The summed E-state index contributed by atoms with van der Waals surface area (Å²) >= 11 is 0. The summed E-state index contributed by atoms with van der Waals surface area (Å²) in [5, 5.41) is 0. The van der Waals surface area contributed by atoms with Gasteiger partial charge in [0.1, 0.15) is 0 Å². The monoisotopic (exact) mass is 190 g/mol. The number of hydrogen-bond donors (Lipinski definition) is 0. The Morgan fingerprint density at radius 1 is 0.714 bits per heavy atom. The van der Waals surface area contributed by atoms with E-state index in [0.717, 1.165) is 0 Å². The third kappa shape index (κ3) is 2.17. The van der Waals surface area contributed by atoms with E-state index < -0.39 is 0 Å². The molecule has 0 fully saturated rings. The quantitative estimate of drug-likeness (QED) is 0.641. The van der Waals surface area contributed by atoms with Gasteiger partial charge in [0.05, 0.1) is 0 Å². The third-order valence-electron chi connectivity index (χ3n) is 2.90. The van der Waals surface area contributed by atoms with Gasteiger partial charge in [-0.2, -0.15) is 0 Å². The van der Waals surface area contributed by atoms with Crippen molar-refractivity contribution in [2.24, 2.45) is 0 Å². The standard InChI is InChI=1S/C14H22/c1-9(2)13-7-12(6)14(10(3)4)8-11(13)5/h7-10H,1-6H3. The Hall–Kier alpha value is -0.780. The molecule has 0 aliphatic carbocycles. The summed E-state index contributed by atoms with van der Waals surface area (Å²) in [6, 6.07) is 4.71. The Morgan fingerprint density at radius 3 is 1.21 bits per heavy atom. The molecule has 0 aliphatic heterocycles. The Balaban J connectivity index is 3.24. The molecular formula is C14H22. The zero-order valence-corrected chi connectivity index (χ0v) is 10.3. The van der Waals surface area contributed by atoms with Gasteiger partial charge in [-0.15, -0.1) is 0 Å². The second-order valence-electron chi connectivity index (χ2n) is 4.87. The summed E-state index contributed by atoms with van der Waals surface area (Å²) in [6.45, 7) is 13.5. The average Bonchev–Trinajstić information content (AvgIpc) is 2.07. The smallest absolute Gasteiger partial charge is 0.0216 e. The molecule has 1 aromatic carbocycles. The highest BCUT2D eigenvalue weighted by atomic mass is 14.1. The van der Waals surface area contributed by atoms with E-state index in [4.69, 9.17) is 0 Å². The van der Waals surface area contributed by atoms with Crippen molar-refractivity contribution in [2.75, 3.05) is 0 Å². The zero-order chi connectivity index (χ0) is 10.9. The lowest BCUT2D eigenvalue weighted by atomic mass is 9.89. The Bertz CT molecular complexity index is 285. The Morgan fingerprint density at radius 2 is 1.00 bits per heavy atom. The van der Waals surface area contributed by atoms with Crippen LogP contribution >= 0.6 is 0 Å². The molecule has 0 heteroatoms. The van der Waals surface area contributed by atoms with Gasteiger partial charge in [-0.05, 0) is 47.9 Å². The molecule has 0 saturated heterocycles. The van der Waals surface area contributed by atoms with Gasteiger partial charge in [0, 0.05) is 0 Å². The fourth-order valence-corrected chi connectivity index (χ4v) is 2.10. The average molecular weight is 190 g/mol. The van der Waals surface area contributed by atoms with E-state index >= 15 is 0 Å². The highest BCUT2D eigenvalue weighted by Crippen LogP contribution is 2.26. The van der Waals surface area contributed by atoms with E-state index in [1.165, 1.54) is 22.3 Å². The molecule has 0 nitrogen and oxygen atoms in total. The van der Waals surface area contributed by atoms with Gasteiger partial charge < -0.3 is 0 Å². The highest BCUT2D eigenvalue weighted by molar-refractivity contribution is 5.40. The molecule has 0 aromatic heterocycles. The maximum absolute atomic E-state index is 2.36.